The van der Waals surface area contributed by atoms with Crippen LogP contribution in [0.5, 0.6) is 0 Å². The average Bonchev–Trinajstić information content (AvgIpc) is 2.82. The Bertz CT molecular complexity index is 796. The molecule has 2 aromatic heterocycles. The summed E-state index contributed by atoms with van der Waals surface area (Å²) in [7, 11) is 0. The van der Waals surface area contributed by atoms with Crippen molar-refractivity contribution in [1.29, 1.82) is 0 Å². The number of aromatic nitrogens is 3. The quantitative estimate of drug-likeness (QED) is 0.715. The second-order valence-corrected chi connectivity index (χ2v) is 5.73. The molecular formula is C13H12BrN3OS. The zero-order valence-corrected chi connectivity index (χ0v) is 12.9. The Balaban J connectivity index is 2.11. The summed E-state index contributed by atoms with van der Waals surface area (Å²) >= 11 is 8.83. The van der Waals surface area contributed by atoms with Crippen LogP contribution >= 0.6 is 28.1 Å². The van der Waals surface area contributed by atoms with Gasteiger partial charge < -0.3 is 14.0 Å². The molecule has 6 heteroatoms. The molecule has 0 bridgehead atoms. The first-order chi connectivity index (χ1) is 9.04. The van der Waals surface area contributed by atoms with Gasteiger partial charge >= 0.3 is 0 Å². The van der Waals surface area contributed by atoms with Gasteiger partial charge in [0.15, 0.2) is 4.77 Å². The summed E-state index contributed by atoms with van der Waals surface area (Å²) in [6.45, 7) is 4.38. The number of nitrogens with one attached hydrogen (secondary N) is 1. The van der Waals surface area contributed by atoms with Gasteiger partial charge in [0.2, 0.25) is 5.89 Å². The molecule has 0 aliphatic heterocycles. The molecule has 3 aromatic rings. The van der Waals surface area contributed by atoms with Crippen molar-refractivity contribution < 1.29 is 4.42 Å². The number of halogens is 1. The minimum Gasteiger partial charge on any atom is -0.444 e. The molecule has 98 valence electrons. The number of imidazole rings is 1. The van der Waals surface area contributed by atoms with E-state index in [1.165, 1.54) is 0 Å². The zero-order valence-electron chi connectivity index (χ0n) is 10.5. The van der Waals surface area contributed by atoms with Gasteiger partial charge in [0.05, 0.1) is 16.7 Å². The average molecular weight is 338 g/mol. The van der Waals surface area contributed by atoms with Crippen LogP contribution in [0, 0.1) is 18.6 Å². The number of aromatic amines is 1. The SMILES string of the molecule is Cc1nc(Cn2c(=S)[nH]c3ccc(Br)cc32)oc1C. The van der Waals surface area contributed by atoms with Crippen molar-refractivity contribution in [2.24, 2.45) is 0 Å². The smallest absolute Gasteiger partial charge is 0.214 e. The van der Waals surface area contributed by atoms with E-state index in [4.69, 9.17) is 16.6 Å². The lowest BCUT2D eigenvalue weighted by atomic mass is 10.3. The Hall–Kier alpha value is -1.40. The third-order valence-electron chi connectivity index (χ3n) is 3.10. The van der Waals surface area contributed by atoms with Crippen molar-refractivity contribution in [3.8, 4) is 0 Å². The molecule has 0 saturated heterocycles. The summed E-state index contributed by atoms with van der Waals surface area (Å²) in [5.74, 6) is 1.52. The summed E-state index contributed by atoms with van der Waals surface area (Å²) in [4.78, 5) is 7.58. The van der Waals surface area contributed by atoms with Gasteiger partial charge in [-0.3, -0.25) is 0 Å². The van der Waals surface area contributed by atoms with Gasteiger partial charge in [-0.1, -0.05) is 15.9 Å². The summed E-state index contributed by atoms with van der Waals surface area (Å²) in [5.41, 5.74) is 2.96. The van der Waals surface area contributed by atoms with Gasteiger partial charge in [0, 0.05) is 4.47 Å². The van der Waals surface area contributed by atoms with Crippen LogP contribution in [0.3, 0.4) is 0 Å². The van der Waals surface area contributed by atoms with Crippen LogP contribution in [0.4, 0.5) is 0 Å². The third kappa shape index (κ3) is 2.26. The number of hydrogen-bond acceptors (Lipinski definition) is 3. The number of H-pyrrole nitrogens is 1. The number of rotatable bonds is 2. The highest BCUT2D eigenvalue weighted by atomic mass is 79.9. The maximum atomic E-state index is 5.62. The molecule has 0 amide bonds. The molecular weight excluding hydrogens is 326 g/mol. The lowest BCUT2D eigenvalue weighted by Crippen LogP contribution is -2.00. The van der Waals surface area contributed by atoms with Gasteiger partial charge in [0.1, 0.15) is 12.3 Å². The minimum absolute atomic E-state index is 0.532. The Kier molecular flexibility index (Phi) is 3.06. The monoisotopic (exact) mass is 337 g/mol. The van der Waals surface area contributed by atoms with Crippen LogP contribution in [-0.4, -0.2) is 14.5 Å². The fourth-order valence-electron chi connectivity index (χ4n) is 2.02. The lowest BCUT2D eigenvalue weighted by molar-refractivity contribution is 0.458. The van der Waals surface area contributed by atoms with Crippen LogP contribution in [0.15, 0.2) is 27.1 Å². The molecule has 2 heterocycles. The second-order valence-electron chi connectivity index (χ2n) is 4.43. The molecule has 0 saturated carbocycles. The number of fused-ring (bicyclic) bond motifs is 1. The van der Waals surface area contributed by atoms with Crippen LogP contribution < -0.4 is 0 Å². The molecule has 0 spiro atoms. The summed E-state index contributed by atoms with van der Waals surface area (Å²) in [6, 6.07) is 6.01. The molecule has 0 unspecified atom stereocenters. The van der Waals surface area contributed by atoms with Gasteiger partial charge in [0.25, 0.3) is 0 Å². The first-order valence-electron chi connectivity index (χ1n) is 5.85. The molecule has 19 heavy (non-hydrogen) atoms. The Morgan fingerprint density at radius 2 is 2.21 bits per heavy atom. The largest absolute Gasteiger partial charge is 0.444 e. The van der Waals surface area contributed by atoms with E-state index >= 15 is 0 Å². The Morgan fingerprint density at radius 1 is 1.42 bits per heavy atom. The summed E-state index contributed by atoms with van der Waals surface area (Å²) in [5, 5.41) is 0. The number of hydrogen-bond donors (Lipinski definition) is 1. The van der Waals surface area contributed by atoms with Gasteiger partial charge in [-0.25, -0.2) is 4.98 Å². The Morgan fingerprint density at radius 3 is 2.89 bits per heavy atom. The normalized spacial score (nSPS) is 11.3. The molecule has 0 radical (unpaired) electrons. The van der Waals surface area contributed by atoms with E-state index in [0.29, 0.717) is 17.2 Å². The number of benzene rings is 1. The Labute approximate surface area is 123 Å². The second kappa shape index (κ2) is 4.61. The molecule has 4 nitrogen and oxygen atoms in total. The molecule has 3 rings (SSSR count). The van der Waals surface area contributed by atoms with E-state index in [-0.39, 0.29) is 0 Å². The predicted octanol–water partition coefficient (Wildman–Crippen LogP) is 4.11. The van der Waals surface area contributed by atoms with E-state index in [9.17, 15) is 0 Å². The number of oxazole rings is 1. The van der Waals surface area contributed by atoms with Gasteiger partial charge in [-0.15, -0.1) is 0 Å². The zero-order chi connectivity index (χ0) is 13.6. The van der Waals surface area contributed by atoms with Crippen LogP contribution in [0.2, 0.25) is 0 Å². The highest BCUT2D eigenvalue weighted by molar-refractivity contribution is 9.10. The number of nitrogens with zero attached hydrogens (tertiary/aromatic N) is 2. The standard InChI is InChI=1S/C13H12BrN3OS/c1-7-8(2)18-12(15-7)6-17-11-5-9(14)3-4-10(11)16-13(17)19/h3-5H,6H2,1-2H3,(H,16,19). The minimum atomic E-state index is 0.532. The van der Waals surface area contributed by atoms with Crippen LogP contribution in [0.1, 0.15) is 17.3 Å². The molecule has 1 aromatic carbocycles. The first-order valence-corrected chi connectivity index (χ1v) is 7.05. The topological polar surface area (TPSA) is 46.8 Å². The lowest BCUT2D eigenvalue weighted by Gasteiger charge is -2.01. The van der Waals surface area contributed by atoms with Crippen molar-refractivity contribution in [2.45, 2.75) is 20.4 Å². The fourth-order valence-corrected chi connectivity index (χ4v) is 2.65. The molecule has 0 aliphatic rings. The van der Waals surface area contributed by atoms with Crippen molar-refractivity contribution in [1.82, 2.24) is 14.5 Å². The predicted molar refractivity (Wildman–Crippen MR) is 79.9 cm³/mol. The van der Waals surface area contributed by atoms with Gasteiger partial charge in [-0.2, -0.15) is 0 Å². The van der Waals surface area contributed by atoms with Crippen LogP contribution in [-0.2, 0) is 6.54 Å². The summed E-state index contributed by atoms with van der Waals surface area (Å²) in [6.07, 6.45) is 0. The third-order valence-corrected chi connectivity index (χ3v) is 3.92. The molecule has 0 atom stereocenters. The maximum Gasteiger partial charge on any atom is 0.214 e. The van der Waals surface area contributed by atoms with E-state index < -0.39 is 0 Å². The summed E-state index contributed by atoms with van der Waals surface area (Å²) < 4.78 is 9.29. The van der Waals surface area contributed by atoms with Crippen molar-refractivity contribution in [3.63, 3.8) is 0 Å². The fraction of sp³-hybridized carbons (Fsp3) is 0.231. The number of aryl methyl sites for hydroxylation is 2. The van der Waals surface area contributed by atoms with E-state index in [0.717, 1.165) is 27.0 Å². The van der Waals surface area contributed by atoms with E-state index in [1.54, 1.807) is 0 Å². The molecule has 1 N–H and O–H groups in total. The van der Waals surface area contributed by atoms with E-state index in [2.05, 4.69) is 25.9 Å². The molecule has 0 fully saturated rings. The van der Waals surface area contributed by atoms with Crippen molar-refractivity contribution in [2.75, 3.05) is 0 Å². The maximum absolute atomic E-state index is 5.62. The highest BCUT2D eigenvalue weighted by Gasteiger charge is 2.10. The van der Waals surface area contributed by atoms with Crippen LogP contribution in [0.25, 0.3) is 11.0 Å². The van der Waals surface area contributed by atoms with E-state index in [1.807, 2.05) is 36.6 Å². The van der Waals surface area contributed by atoms with Crippen molar-refractivity contribution >= 4 is 39.2 Å². The van der Waals surface area contributed by atoms with Gasteiger partial charge in [-0.05, 0) is 44.3 Å². The first kappa shape index (κ1) is 12.6. The molecule has 0 aliphatic carbocycles. The van der Waals surface area contributed by atoms with Crippen molar-refractivity contribution in [3.05, 3.63) is 44.8 Å². The highest BCUT2D eigenvalue weighted by Crippen LogP contribution is 2.21.